The number of rotatable bonds is 7. The molecule has 5 fully saturated rings. The van der Waals surface area contributed by atoms with Gasteiger partial charge in [0, 0.05) is 29.4 Å². The van der Waals surface area contributed by atoms with Crippen LogP contribution in [-0.2, 0) is 28.5 Å². The average molecular weight is 725 g/mol. The second-order valence-electron chi connectivity index (χ2n) is 16.2. The fraction of sp³-hybridized carbons (Fsp3) is 0.641. The number of methoxy groups -OCH3 is 1. The van der Waals surface area contributed by atoms with E-state index in [0.29, 0.717) is 29.9 Å². The predicted molar refractivity (Wildman–Crippen MR) is 182 cm³/mol. The Hall–Kier alpha value is -3.01. The molecule has 2 bridgehead atoms. The Morgan fingerprint density at radius 1 is 1.13 bits per heavy atom. The topological polar surface area (TPSA) is 158 Å². The highest BCUT2D eigenvalue weighted by Crippen LogP contribution is 2.64. The van der Waals surface area contributed by atoms with Crippen molar-refractivity contribution in [2.45, 2.75) is 114 Å². The standard InChI is InChI=1S/C39H49FN2O10/c1-19-27(49-35(45)32-30(29-24(40)7-6-14-41-29)42-34(50-32)20-8-10-21(47-5)11-9-20)16-39(46)15-23-22-18-48-26(22)12-13-38(23,4)33-31(28(19)37(39,2)3)51-36(52-33)25(44)17-43/h6-11,14,22-23,25-27,30-34,36,42-44,46H,12-13,15-18H2,1-5H3. The van der Waals surface area contributed by atoms with E-state index in [9.17, 15) is 20.1 Å². The second kappa shape index (κ2) is 13.1. The van der Waals surface area contributed by atoms with E-state index in [-0.39, 0.29) is 30.1 Å². The smallest absolute Gasteiger partial charge is 0.338 e. The fourth-order valence-electron chi connectivity index (χ4n) is 10.1. The van der Waals surface area contributed by atoms with E-state index in [2.05, 4.69) is 17.2 Å². The molecule has 3 aliphatic carbocycles. The van der Waals surface area contributed by atoms with Gasteiger partial charge in [-0.15, -0.1) is 0 Å². The van der Waals surface area contributed by atoms with Gasteiger partial charge in [-0.1, -0.05) is 32.9 Å². The minimum absolute atomic E-state index is 0.0192. The van der Waals surface area contributed by atoms with Crippen LogP contribution in [-0.4, -0.2) is 95.1 Å². The van der Waals surface area contributed by atoms with E-state index in [0.717, 1.165) is 18.4 Å². The van der Waals surface area contributed by atoms with Gasteiger partial charge in [0.1, 0.15) is 36.1 Å². The molecule has 12 nitrogen and oxygen atoms in total. The largest absolute Gasteiger partial charge is 0.497 e. The van der Waals surface area contributed by atoms with E-state index >= 15 is 4.39 Å². The molecule has 2 aromatic rings. The molecule has 3 aliphatic heterocycles. The molecule has 52 heavy (non-hydrogen) atoms. The van der Waals surface area contributed by atoms with E-state index in [1.807, 2.05) is 20.8 Å². The maximum absolute atomic E-state index is 15.2. The molecular weight excluding hydrogens is 675 g/mol. The zero-order chi connectivity index (χ0) is 36.7. The Balaban J connectivity index is 1.16. The first-order valence-electron chi connectivity index (χ1n) is 18.3. The molecule has 2 saturated carbocycles. The number of carbonyl (C=O) groups is 1. The molecule has 0 radical (unpaired) electrons. The quantitative estimate of drug-likeness (QED) is 0.243. The lowest BCUT2D eigenvalue weighted by atomic mass is 9.47. The van der Waals surface area contributed by atoms with Crippen LogP contribution < -0.4 is 10.1 Å². The summed E-state index contributed by atoms with van der Waals surface area (Å²) >= 11 is 0. The van der Waals surface area contributed by atoms with Gasteiger partial charge in [-0.3, -0.25) is 10.3 Å². The summed E-state index contributed by atoms with van der Waals surface area (Å²) < 4.78 is 52.3. The predicted octanol–water partition coefficient (Wildman–Crippen LogP) is 3.65. The number of hydrogen-bond acceptors (Lipinski definition) is 12. The summed E-state index contributed by atoms with van der Waals surface area (Å²) in [6, 6.07) is 8.93. The summed E-state index contributed by atoms with van der Waals surface area (Å²) in [5.74, 6) is -0.505. The number of hydrogen-bond donors (Lipinski definition) is 4. The number of aliphatic hydroxyl groups is 3. The van der Waals surface area contributed by atoms with Gasteiger partial charge in [0.25, 0.3) is 0 Å². The lowest BCUT2D eigenvalue weighted by Gasteiger charge is -2.63. The Kier molecular flexibility index (Phi) is 9.06. The fourth-order valence-corrected chi connectivity index (χ4v) is 10.1. The first-order chi connectivity index (χ1) is 24.8. The van der Waals surface area contributed by atoms with Crippen LogP contribution in [0.4, 0.5) is 4.39 Å². The summed E-state index contributed by atoms with van der Waals surface area (Å²) in [6.07, 6.45) is -2.78. The molecule has 1 aromatic carbocycles. The van der Waals surface area contributed by atoms with Crippen molar-refractivity contribution in [3.05, 3.63) is 70.8 Å². The van der Waals surface area contributed by atoms with Crippen molar-refractivity contribution in [3.8, 4) is 5.75 Å². The lowest BCUT2D eigenvalue weighted by Crippen LogP contribution is -2.66. The zero-order valence-electron chi connectivity index (χ0n) is 30.2. The van der Waals surface area contributed by atoms with Crippen molar-refractivity contribution < 1.29 is 52.9 Å². The van der Waals surface area contributed by atoms with Gasteiger partial charge in [0.05, 0.1) is 49.9 Å². The maximum atomic E-state index is 15.2. The Morgan fingerprint density at radius 2 is 1.90 bits per heavy atom. The number of pyridine rings is 1. The molecular formula is C39H49FN2O10. The van der Waals surface area contributed by atoms with Crippen molar-refractivity contribution >= 4 is 5.97 Å². The van der Waals surface area contributed by atoms with Crippen LogP contribution in [0.15, 0.2) is 53.7 Å². The molecule has 0 amide bonds. The Bertz CT molecular complexity index is 1720. The summed E-state index contributed by atoms with van der Waals surface area (Å²) in [5.41, 5.74) is -0.451. The van der Waals surface area contributed by atoms with Gasteiger partial charge in [0.15, 0.2) is 12.4 Å². The molecule has 13 atom stereocenters. The maximum Gasteiger partial charge on any atom is 0.338 e. The number of carbonyl (C=O) groups excluding carboxylic acids is 1. The van der Waals surface area contributed by atoms with Crippen LogP contribution >= 0.6 is 0 Å². The van der Waals surface area contributed by atoms with Crippen LogP contribution in [0.2, 0.25) is 0 Å². The van der Waals surface area contributed by atoms with Crippen LogP contribution in [0.1, 0.15) is 76.9 Å². The molecule has 1 aromatic heterocycles. The van der Waals surface area contributed by atoms with Gasteiger partial charge >= 0.3 is 5.97 Å². The lowest BCUT2D eigenvalue weighted by molar-refractivity contribution is -0.239. The van der Waals surface area contributed by atoms with E-state index < -0.39 is 83.9 Å². The minimum atomic E-state index is -1.34. The number of fused-ring (bicyclic) bond motifs is 8. The van der Waals surface area contributed by atoms with Crippen molar-refractivity contribution in [1.29, 1.82) is 0 Å². The first-order valence-corrected chi connectivity index (χ1v) is 18.3. The third-order valence-electron chi connectivity index (χ3n) is 13.3. The normalized spacial score (nSPS) is 41.1. The summed E-state index contributed by atoms with van der Waals surface area (Å²) in [5, 5.41) is 36.8. The number of aromatic nitrogens is 1. The molecule has 8 rings (SSSR count). The van der Waals surface area contributed by atoms with Gasteiger partial charge < -0.3 is 43.7 Å². The van der Waals surface area contributed by atoms with Gasteiger partial charge in [0.2, 0.25) is 0 Å². The highest BCUT2D eigenvalue weighted by Gasteiger charge is 2.67. The number of nitrogens with one attached hydrogen (secondary N) is 1. The second-order valence-corrected chi connectivity index (χ2v) is 16.2. The molecule has 4 heterocycles. The number of halogens is 1. The number of nitrogens with zero attached hydrogens (tertiary/aromatic N) is 1. The number of ether oxygens (including phenoxy) is 6. The molecule has 282 valence electrons. The molecule has 4 N–H and O–H groups in total. The zero-order valence-corrected chi connectivity index (χ0v) is 30.2. The monoisotopic (exact) mass is 724 g/mol. The van der Waals surface area contributed by atoms with Crippen molar-refractivity contribution in [2.75, 3.05) is 20.3 Å². The highest BCUT2D eigenvalue weighted by atomic mass is 19.1. The van der Waals surface area contributed by atoms with Crippen LogP contribution in [0.5, 0.6) is 5.75 Å². The minimum Gasteiger partial charge on any atom is -0.497 e. The molecule has 3 saturated heterocycles. The van der Waals surface area contributed by atoms with Crippen molar-refractivity contribution in [2.24, 2.45) is 22.7 Å². The van der Waals surface area contributed by atoms with Crippen molar-refractivity contribution in [3.63, 3.8) is 0 Å². The SMILES string of the molecule is COc1ccc(C2NC(c3ncccc3F)C(C(=O)OC3CC4(O)CC5C6COC6CCC5(C)C5OC(C(O)CO)OC5C(=C3C)C4(C)C)O2)cc1. The molecule has 0 spiro atoms. The molecule has 13 heteroatoms. The highest BCUT2D eigenvalue weighted by molar-refractivity contribution is 5.77. The van der Waals surface area contributed by atoms with Crippen LogP contribution in [0.25, 0.3) is 0 Å². The average Bonchev–Trinajstić information content (AvgIpc) is 3.75. The Labute approximate surface area is 302 Å². The van der Waals surface area contributed by atoms with E-state index in [4.69, 9.17) is 28.4 Å². The number of benzene rings is 1. The Morgan fingerprint density at radius 3 is 2.58 bits per heavy atom. The summed E-state index contributed by atoms with van der Waals surface area (Å²) in [7, 11) is 1.57. The van der Waals surface area contributed by atoms with Gasteiger partial charge in [-0.2, -0.15) is 0 Å². The van der Waals surface area contributed by atoms with Crippen molar-refractivity contribution in [1.82, 2.24) is 10.3 Å². The van der Waals surface area contributed by atoms with Crippen LogP contribution in [0.3, 0.4) is 0 Å². The van der Waals surface area contributed by atoms with Crippen LogP contribution in [0, 0.1) is 28.5 Å². The summed E-state index contributed by atoms with van der Waals surface area (Å²) in [4.78, 5) is 18.6. The summed E-state index contributed by atoms with van der Waals surface area (Å²) in [6.45, 7) is 8.08. The number of aliphatic hydroxyl groups excluding tert-OH is 2. The third kappa shape index (κ3) is 5.54. The van der Waals surface area contributed by atoms with Gasteiger partial charge in [-0.05, 0) is 73.1 Å². The van der Waals surface area contributed by atoms with E-state index in [1.165, 1.54) is 18.3 Å². The third-order valence-corrected chi connectivity index (χ3v) is 13.3. The molecule has 6 aliphatic rings. The van der Waals surface area contributed by atoms with Gasteiger partial charge in [-0.25, -0.2) is 9.18 Å². The number of esters is 1. The molecule has 13 unspecified atom stereocenters. The van der Waals surface area contributed by atoms with E-state index in [1.54, 1.807) is 31.4 Å². The first kappa shape index (κ1) is 36.0.